The third-order valence-electron chi connectivity index (χ3n) is 10.9. The molecule has 3 aromatic rings. The number of nitrogens with one attached hydrogen (secondary N) is 3. The number of hydrogen-bond donors (Lipinski definition) is 3. The number of allylic oxidation sites excluding steroid dienone is 1. The molecular formula is C44H48F2N8O6. The van der Waals surface area contributed by atoms with E-state index in [1.54, 1.807) is 31.1 Å². The molecule has 0 bridgehead atoms. The SMILES string of the molecule is [C-]#[N+][C@H]1C[C@@H](c2ncc(-c3ccc(C#Cc4ccc(C5=CN=C([C@@H]6CC(F)(F)CN6C(=O)[C@@H](NC(=O)OC)C(C)C)C5)cc4)cc3)[nH]2)N(C(=O)[C@@H](NC(=O)OC)C(C)C)C1. The van der Waals surface area contributed by atoms with Crippen LogP contribution in [-0.4, -0.2) is 107 Å². The van der Waals surface area contributed by atoms with Crippen molar-refractivity contribution >= 4 is 35.3 Å². The average Bonchev–Trinajstić information content (AvgIpc) is 4.06. The second-order valence-electron chi connectivity index (χ2n) is 15.8. The summed E-state index contributed by atoms with van der Waals surface area (Å²) in [5.74, 6) is 2.33. The van der Waals surface area contributed by atoms with Gasteiger partial charge in [-0.25, -0.2) is 29.9 Å². The number of halogens is 2. The van der Waals surface area contributed by atoms with Gasteiger partial charge in [0.25, 0.3) is 5.92 Å². The maximum atomic E-state index is 14.8. The maximum Gasteiger partial charge on any atom is 0.407 e. The van der Waals surface area contributed by atoms with Crippen LogP contribution in [0.2, 0.25) is 0 Å². The van der Waals surface area contributed by atoms with Crippen molar-refractivity contribution in [3.05, 3.63) is 94.9 Å². The molecule has 2 saturated heterocycles. The van der Waals surface area contributed by atoms with Crippen LogP contribution in [0, 0.1) is 30.2 Å². The van der Waals surface area contributed by atoms with Gasteiger partial charge in [-0.05, 0) is 52.8 Å². The molecule has 6 rings (SSSR count). The van der Waals surface area contributed by atoms with Crippen molar-refractivity contribution in [3.63, 3.8) is 0 Å². The number of carbonyl (C=O) groups excluding carboxylic acids is 4. The molecule has 1 aromatic heterocycles. The summed E-state index contributed by atoms with van der Waals surface area (Å²) < 4.78 is 38.9. The van der Waals surface area contributed by atoms with E-state index in [2.05, 4.69) is 47.0 Å². The third kappa shape index (κ3) is 9.66. The quantitative estimate of drug-likeness (QED) is 0.162. The predicted molar refractivity (Wildman–Crippen MR) is 219 cm³/mol. The zero-order valence-corrected chi connectivity index (χ0v) is 34.3. The van der Waals surface area contributed by atoms with Crippen molar-refractivity contribution in [3.8, 4) is 23.1 Å². The van der Waals surface area contributed by atoms with Crippen LogP contribution in [-0.2, 0) is 19.1 Å². The second-order valence-corrected chi connectivity index (χ2v) is 15.8. The molecule has 14 nitrogen and oxygen atoms in total. The molecule has 3 aliphatic rings. The van der Waals surface area contributed by atoms with Crippen LogP contribution in [0.25, 0.3) is 21.7 Å². The van der Waals surface area contributed by atoms with Gasteiger partial charge in [-0.1, -0.05) is 63.8 Å². The molecule has 2 fully saturated rings. The number of likely N-dealkylation sites (tertiary alicyclic amines) is 2. The molecule has 2 aromatic carbocycles. The Kier molecular flexibility index (Phi) is 13.0. The van der Waals surface area contributed by atoms with Gasteiger partial charge in [-0.2, -0.15) is 0 Å². The van der Waals surface area contributed by atoms with E-state index in [1.807, 2.05) is 62.4 Å². The minimum Gasteiger partial charge on any atom is -0.453 e. The molecular weight excluding hydrogens is 775 g/mol. The first-order valence-electron chi connectivity index (χ1n) is 19.7. The lowest BCUT2D eigenvalue weighted by Crippen LogP contribution is -2.54. The van der Waals surface area contributed by atoms with Crippen LogP contribution in [0.1, 0.15) is 75.5 Å². The Labute approximate surface area is 347 Å². The number of alkyl carbamates (subject to hydrolysis) is 2. The number of ether oxygens (including phenoxy) is 2. The van der Waals surface area contributed by atoms with E-state index in [9.17, 15) is 28.0 Å². The van der Waals surface area contributed by atoms with Crippen molar-refractivity contribution in [1.29, 1.82) is 0 Å². The zero-order valence-electron chi connectivity index (χ0n) is 34.3. The number of methoxy groups -OCH3 is 2. The fraction of sp³-hybridized carbons (Fsp3) is 0.432. The number of nitrogens with zero attached hydrogens (tertiary/aromatic N) is 5. The van der Waals surface area contributed by atoms with Gasteiger partial charge >= 0.3 is 12.2 Å². The van der Waals surface area contributed by atoms with Crippen molar-refractivity contribution in [2.75, 3.05) is 27.3 Å². The van der Waals surface area contributed by atoms with Gasteiger partial charge in [0.2, 0.25) is 17.9 Å². The van der Waals surface area contributed by atoms with Crippen LogP contribution in [0.15, 0.2) is 65.9 Å². The lowest BCUT2D eigenvalue weighted by molar-refractivity contribution is -0.136. The molecule has 4 amide bonds. The summed E-state index contributed by atoms with van der Waals surface area (Å²) in [6, 6.07) is 11.5. The van der Waals surface area contributed by atoms with E-state index < -0.39 is 67.2 Å². The van der Waals surface area contributed by atoms with Crippen LogP contribution in [0.4, 0.5) is 18.4 Å². The van der Waals surface area contributed by atoms with E-state index in [0.29, 0.717) is 24.4 Å². The van der Waals surface area contributed by atoms with Gasteiger partial charge in [-0.15, -0.1) is 0 Å². The normalized spacial score (nSPS) is 20.4. The molecule has 60 heavy (non-hydrogen) atoms. The lowest BCUT2D eigenvalue weighted by Gasteiger charge is -2.30. The molecule has 314 valence electrons. The van der Waals surface area contributed by atoms with Crippen molar-refractivity contribution in [2.45, 2.75) is 83.1 Å². The Hall–Kier alpha value is -6.55. The van der Waals surface area contributed by atoms with E-state index >= 15 is 0 Å². The fourth-order valence-electron chi connectivity index (χ4n) is 7.64. The molecule has 0 unspecified atom stereocenters. The van der Waals surface area contributed by atoms with E-state index in [1.165, 1.54) is 14.2 Å². The van der Waals surface area contributed by atoms with Crippen molar-refractivity contribution < 1.29 is 37.4 Å². The number of amides is 4. The molecule has 3 aliphatic heterocycles. The first kappa shape index (κ1) is 43.0. The largest absolute Gasteiger partial charge is 0.453 e. The van der Waals surface area contributed by atoms with Gasteiger partial charge in [0.1, 0.15) is 17.9 Å². The van der Waals surface area contributed by atoms with E-state index in [0.717, 1.165) is 38.4 Å². The Morgan fingerprint density at radius 2 is 1.42 bits per heavy atom. The summed E-state index contributed by atoms with van der Waals surface area (Å²) in [5.41, 5.74) is 5.27. The number of benzene rings is 2. The molecule has 0 radical (unpaired) electrons. The Morgan fingerprint density at radius 3 is 1.95 bits per heavy atom. The second kappa shape index (κ2) is 18.2. The summed E-state index contributed by atoms with van der Waals surface area (Å²) in [6.07, 6.45) is 1.98. The Balaban J connectivity index is 1.08. The predicted octanol–water partition coefficient (Wildman–Crippen LogP) is 6.22. The first-order chi connectivity index (χ1) is 28.6. The van der Waals surface area contributed by atoms with Crippen LogP contribution in [0.5, 0.6) is 0 Å². The molecule has 0 spiro atoms. The van der Waals surface area contributed by atoms with Crippen LogP contribution >= 0.6 is 0 Å². The van der Waals surface area contributed by atoms with Gasteiger partial charge < -0.3 is 39.7 Å². The Bertz CT molecular complexity index is 2270. The molecule has 5 atom stereocenters. The molecule has 0 aliphatic carbocycles. The number of imidazole rings is 1. The Morgan fingerprint density at radius 1 is 0.867 bits per heavy atom. The monoisotopic (exact) mass is 822 g/mol. The van der Waals surface area contributed by atoms with Gasteiger partial charge in [-0.3, -0.25) is 14.6 Å². The summed E-state index contributed by atoms with van der Waals surface area (Å²) in [6.45, 7) is 14.2. The number of carbonyl (C=O) groups is 4. The van der Waals surface area contributed by atoms with Crippen molar-refractivity contribution in [1.82, 2.24) is 30.4 Å². The number of hydrogen-bond acceptors (Lipinski definition) is 8. The smallest absolute Gasteiger partial charge is 0.407 e. The number of aliphatic imine (C=N–C) groups is 1. The summed E-state index contributed by atoms with van der Waals surface area (Å²) in [4.78, 5) is 69.9. The summed E-state index contributed by atoms with van der Waals surface area (Å²) >= 11 is 0. The van der Waals surface area contributed by atoms with Gasteiger partial charge in [0.15, 0.2) is 0 Å². The number of H-pyrrole nitrogens is 1. The van der Waals surface area contributed by atoms with E-state index in [-0.39, 0.29) is 24.3 Å². The number of aromatic amines is 1. The first-order valence-corrected chi connectivity index (χ1v) is 19.7. The highest BCUT2D eigenvalue weighted by Gasteiger charge is 2.51. The summed E-state index contributed by atoms with van der Waals surface area (Å²) in [7, 11) is 2.41. The molecule has 4 heterocycles. The van der Waals surface area contributed by atoms with Crippen molar-refractivity contribution in [2.24, 2.45) is 16.8 Å². The van der Waals surface area contributed by atoms with Gasteiger partial charge in [0, 0.05) is 35.9 Å². The molecule has 0 saturated carbocycles. The highest BCUT2D eigenvalue weighted by Crippen LogP contribution is 2.38. The minimum atomic E-state index is -3.10. The highest BCUT2D eigenvalue weighted by molar-refractivity contribution is 6.04. The zero-order chi connectivity index (χ0) is 43.3. The minimum absolute atomic E-state index is 0.212. The van der Waals surface area contributed by atoms with Crippen LogP contribution < -0.4 is 10.6 Å². The molecule has 3 N–H and O–H groups in total. The number of aromatic nitrogens is 2. The van der Waals surface area contributed by atoms with Crippen LogP contribution in [0.3, 0.4) is 0 Å². The summed E-state index contributed by atoms with van der Waals surface area (Å²) in [5, 5.41) is 5.11. The molecule has 16 heteroatoms. The maximum absolute atomic E-state index is 14.8. The standard InChI is InChI=1S/C44H48F2N8O6/c1-25(2)37(51-42(57)59-6)40(55)53-23-32(47-5)19-35(53)39-49-22-34(50-39)30-16-12-28(13-17-30)9-8-27-10-14-29(15-11-27)31-18-33(48-21-31)36-20-44(45,46)24-54(36)41(56)38(26(3)4)52-43(58)60-7/h10-17,21-22,25-26,32,35-38H,18-20,23-24H2,1-4,6-7H3,(H,49,50)(H,51,57)(H,52,58)/t32-,35-,36-,37-,38-/m0/s1. The average molecular weight is 823 g/mol. The third-order valence-corrected chi connectivity index (χ3v) is 10.9. The fourth-order valence-corrected chi connectivity index (χ4v) is 7.64. The lowest BCUT2D eigenvalue weighted by atomic mass is 9.96. The topological polar surface area (TPSA) is 163 Å². The number of alkyl halides is 2. The highest BCUT2D eigenvalue weighted by atomic mass is 19.3. The van der Waals surface area contributed by atoms with E-state index in [4.69, 9.17) is 11.3 Å². The van der Waals surface area contributed by atoms with Gasteiger partial charge in [0.05, 0.1) is 57.7 Å². The number of rotatable bonds is 10.